The number of rotatable bonds is 14. The van der Waals surface area contributed by atoms with Crippen molar-refractivity contribution < 1.29 is 23.9 Å². The second-order valence-electron chi connectivity index (χ2n) is 15.2. The lowest BCUT2D eigenvalue weighted by Gasteiger charge is -2.39. The van der Waals surface area contributed by atoms with Gasteiger partial charge >= 0.3 is 11.8 Å². The summed E-state index contributed by atoms with van der Waals surface area (Å²) in [6.45, 7) is 12.6. The van der Waals surface area contributed by atoms with E-state index in [4.69, 9.17) is 8.84 Å². The molecule has 6 rings (SSSR count). The average Bonchev–Trinajstić information content (AvgIpc) is 3.45. The number of allylic oxidation sites excluding steroid dienone is 1. The van der Waals surface area contributed by atoms with Crippen LogP contribution in [0.4, 0.5) is 10.5 Å². The van der Waals surface area contributed by atoms with Gasteiger partial charge in [0.05, 0.1) is 22.8 Å². The zero-order valence-corrected chi connectivity index (χ0v) is 32.8. The van der Waals surface area contributed by atoms with Crippen LogP contribution in [0, 0.1) is 0 Å². The third-order valence-electron chi connectivity index (χ3n) is 10.3. The molecule has 0 fully saturated rings. The number of phenolic OH excluding ortho intramolecular Hbond substituents is 1. The standard InChI is InChI=1S/C43H48N4O7Si/c1-43(2,3)55(4,5)54-38(32-17-20-36(48)40-33(32)18-21-39(49)46-40)27-44-23-22-29-15-19-35-37(26-29)53-42(52)47(35)24-10-9-11-28-14-16-31(30-12-7-6-8-13-30)34(25-28)45-41(50)51/h6-9,11-21,25-26,38,44-45,48H,10,22-24,27H2,1-5H3,(H,46,49)(H,50,51)/t38-/m0/s1. The number of hydrogen-bond donors (Lipinski definition) is 5. The molecule has 286 valence electrons. The molecular weight excluding hydrogens is 713 g/mol. The number of aromatic hydroxyl groups is 1. The first kappa shape index (κ1) is 39.0. The molecule has 1 amide bonds. The summed E-state index contributed by atoms with van der Waals surface area (Å²) in [7, 11) is -2.22. The van der Waals surface area contributed by atoms with Gasteiger partial charge in [0.2, 0.25) is 5.56 Å². The van der Waals surface area contributed by atoms with Crippen molar-refractivity contribution in [1.29, 1.82) is 0 Å². The number of aryl methyl sites for hydroxylation is 1. The summed E-state index contributed by atoms with van der Waals surface area (Å²) in [6.07, 6.45) is 3.65. The monoisotopic (exact) mass is 760 g/mol. The van der Waals surface area contributed by atoms with Crippen LogP contribution in [0.15, 0.2) is 111 Å². The number of H-pyrrole nitrogens is 1. The highest BCUT2D eigenvalue weighted by molar-refractivity contribution is 6.74. The maximum Gasteiger partial charge on any atom is 0.419 e. The lowest BCUT2D eigenvalue weighted by atomic mass is 10.0. The first-order chi connectivity index (χ1) is 26.2. The van der Waals surface area contributed by atoms with E-state index < -0.39 is 20.2 Å². The first-order valence-corrected chi connectivity index (χ1v) is 21.3. The normalized spacial score (nSPS) is 12.8. The largest absolute Gasteiger partial charge is 0.506 e. The molecule has 0 aliphatic rings. The first-order valence-electron chi connectivity index (χ1n) is 18.4. The number of phenols is 1. The van der Waals surface area contributed by atoms with Gasteiger partial charge in [-0.25, -0.2) is 9.59 Å². The third-order valence-corrected chi connectivity index (χ3v) is 14.8. The van der Waals surface area contributed by atoms with Crippen LogP contribution in [-0.4, -0.2) is 47.3 Å². The summed E-state index contributed by atoms with van der Waals surface area (Å²) in [5, 5.41) is 26.7. The van der Waals surface area contributed by atoms with Gasteiger partial charge in [-0.3, -0.25) is 14.7 Å². The summed E-state index contributed by atoms with van der Waals surface area (Å²) < 4.78 is 14.2. The molecule has 2 heterocycles. The molecule has 55 heavy (non-hydrogen) atoms. The Labute approximate surface area is 320 Å². The molecule has 4 aromatic carbocycles. The van der Waals surface area contributed by atoms with Gasteiger partial charge in [-0.2, -0.15) is 0 Å². The Morgan fingerprint density at radius 1 is 1.00 bits per heavy atom. The molecule has 0 spiro atoms. The molecule has 0 aliphatic heterocycles. The molecule has 6 aromatic rings. The number of hydrogen-bond acceptors (Lipinski definition) is 7. The van der Waals surface area contributed by atoms with Crippen molar-refractivity contribution in [3.05, 3.63) is 135 Å². The van der Waals surface area contributed by atoms with Crippen LogP contribution < -0.4 is 21.9 Å². The van der Waals surface area contributed by atoms with Gasteiger partial charge in [0.1, 0.15) is 5.75 Å². The smallest absolute Gasteiger partial charge is 0.419 e. The number of carbonyl (C=O) groups is 1. The van der Waals surface area contributed by atoms with Gasteiger partial charge in [0.25, 0.3) is 0 Å². The zero-order chi connectivity index (χ0) is 39.3. The Kier molecular flexibility index (Phi) is 11.6. The van der Waals surface area contributed by atoms with Gasteiger partial charge in [0, 0.05) is 30.1 Å². The number of amides is 1. The molecule has 11 nitrogen and oxygen atoms in total. The fraction of sp³-hybridized carbons (Fsp3) is 0.279. The van der Waals surface area contributed by atoms with E-state index in [1.54, 1.807) is 22.8 Å². The fourth-order valence-electron chi connectivity index (χ4n) is 6.41. The van der Waals surface area contributed by atoms with Crippen molar-refractivity contribution in [3.8, 4) is 16.9 Å². The van der Waals surface area contributed by atoms with Crippen molar-refractivity contribution in [2.75, 3.05) is 18.4 Å². The van der Waals surface area contributed by atoms with Crippen molar-refractivity contribution in [2.45, 2.75) is 64.4 Å². The summed E-state index contributed by atoms with van der Waals surface area (Å²) in [6, 6.07) is 27.7. The summed E-state index contributed by atoms with van der Waals surface area (Å²) in [4.78, 5) is 39.2. The van der Waals surface area contributed by atoms with Gasteiger partial charge < -0.3 is 29.4 Å². The highest BCUT2D eigenvalue weighted by Gasteiger charge is 2.39. The van der Waals surface area contributed by atoms with Crippen LogP contribution in [0.1, 0.15) is 50.0 Å². The average molecular weight is 761 g/mol. The number of oxazole rings is 1. The molecule has 0 saturated carbocycles. The van der Waals surface area contributed by atoms with E-state index >= 15 is 0 Å². The molecule has 5 N–H and O–H groups in total. The lowest BCUT2D eigenvalue weighted by molar-refractivity contribution is 0.182. The Morgan fingerprint density at radius 2 is 1.78 bits per heavy atom. The number of nitrogens with one attached hydrogen (secondary N) is 3. The summed E-state index contributed by atoms with van der Waals surface area (Å²) in [5.41, 5.74) is 6.27. The minimum Gasteiger partial charge on any atom is -0.506 e. The van der Waals surface area contributed by atoms with E-state index in [0.29, 0.717) is 49.3 Å². The minimum atomic E-state index is -2.22. The van der Waals surface area contributed by atoms with E-state index in [0.717, 1.165) is 38.7 Å². The maximum absolute atomic E-state index is 12.9. The van der Waals surface area contributed by atoms with Crippen LogP contribution in [0.3, 0.4) is 0 Å². The second-order valence-corrected chi connectivity index (χ2v) is 20.0. The minimum absolute atomic E-state index is 0.0126. The van der Waals surface area contributed by atoms with Crippen LogP contribution in [0.2, 0.25) is 18.1 Å². The van der Waals surface area contributed by atoms with Crippen LogP contribution in [0.5, 0.6) is 5.75 Å². The number of carboxylic acid groups (broad SMARTS) is 1. The van der Waals surface area contributed by atoms with Crippen molar-refractivity contribution in [1.82, 2.24) is 14.9 Å². The van der Waals surface area contributed by atoms with E-state index in [2.05, 4.69) is 49.5 Å². The zero-order valence-electron chi connectivity index (χ0n) is 31.8. The summed E-state index contributed by atoms with van der Waals surface area (Å²) >= 11 is 0. The number of aromatic nitrogens is 2. The molecule has 0 saturated heterocycles. The fourth-order valence-corrected chi connectivity index (χ4v) is 7.68. The molecule has 0 unspecified atom stereocenters. The van der Waals surface area contributed by atoms with Crippen molar-refractivity contribution >= 4 is 48.2 Å². The quantitative estimate of drug-likeness (QED) is 0.0544. The Hall–Kier alpha value is -5.69. The molecular formula is C43H48N4O7Si. The van der Waals surface area contributed by atoms with Crippen LogP contribution in [-0.2, 0) is 17.4 Å². The molecule has 2 aromatic heterocycles. The van der Waals surface area contributed by atoms with Crippen LogP contribution >= 0.6 is 0 Å². The number of aromatic amines is 1. The van der Waals surface area contributed by atoms with Gasteiger partial charge in [-0.1, -0.05) is 87.5 Å². The van der Waals surface area contributed by atoms with Crippen molar-refractivity contribution in [3.63, 3.8) is 0 Å². The predicted molar refractivity (Wildman–Crippen MR) is 221 cm³/mol. The Morgan fingerprint density at radius 3 is 2.53 bits per heavy atom. The Balaban J connectivity index is 1.10. The van der Waals surface area contributed by atoms with Gasteiger partial charge in [0.15, 0.2) is 13.9 Å². The lowest BCUT2D eigenvalue weighted by Crippen LogP contribution is -2.43. The molecule has 12 heteroatoms. The molecule has 0 aliphatic carbocycles. The number of anilines is 1. The predicted octanol–water partition coefficient (Wildman–Crippen LogP) is 8.90. The molecule has 0 bridgehead atoms. The van der Waals surface area contributed by atoms with E-state index in [9.17, 15) is 24.6 Å². The maximum atomic E-state index is 12.9. The van der Waals surface area contributed by atoms with E-state index in [1.807, 2.05) is 78.9 Å². The van der Waals surface area contributed by atoms with Gasteiger partial charge in [-0.15, -0.1) is 0 Å². The number of nitrogens with zero attached hydrogens (tertiary/aromatic N) is 1. The van der Waals surface area contributed by atoms with Crippen LogP contribution in [0.25, 0.3) is 39.2 Å². The Bertz CT molecular complexity index is 2460. The highest BCUT2D eigenvalue weighted by atomic mass is 28.4. The number of fused-ring (bicyclic) bond motifs is 2. The van der Waals surface area contributed by atoms with Gasteiger partial charge in [-0.05, 0) is 90.1 Å². The van der Waals surface area contributed by atoms with E-state index in [-0.39, 0.29) is 22.5 Å². The number of benzene rings is 4. The molecule has 1 atom stereocenters. The third kappa shape index (κ3) is 9.17. The topological polar surface area (TPSA) is 159 Å². The van der Waals surface area contributed by atoms with Crippen molar-refractivity contribution in [2.24, 2.45) is 0 Å². The van der Waals surface area contributed by atoms with E-state index in [1.165, 1.54) is 6.07 Å². The molecule has 0 radical (unpaired) electrons. The number of pyridine rings is 1. The highest BCUT2D eigenvalue weighted by Crippen LogP contribution is 2.41. The SMILES string of the molecule is CC(C)(C)[Si](C)(C)O[C@@H](CNCCc1ccc2c(c1)oc(=O)n2CCC=Cc1ccc(-c2ccccc2)c(NC(=O)O)c1)c1ccc(O)c2[nH]c(=O)ccc12. The summed E-state index contributed by atoms with van der Waals surface area (Å²) in [5.74, 6) is -0.412. The second kappa shape index (κ2) is 16.4.